The average Bonchev–Trinajstić information content (AvgIpc) is 3.68. The van der Waals surface area contributed by atoms with E-state index in [0.29, 0.717) is 31.6 Å². The largest absolute Gasteiger partial charge is 0.472 e. The van der Waals surface area contributed by atoms with Gasteiger partial charge >= 0.3 is 39.5 Å². The molecule has 0 aromatic carbocycles. The van der Waals surface area contributed by atoms with Crippen LogP contribution in [0.4, 0.5) is 0 Å². The van der Waals surface area contributed by atoms with E-state index in [1.165, 1.54) is 83.5 Å². The van der Waals surface area contributed by atoms with Crippen molar-refractivity contribution in [2.75, 3.05) is 39.6 Å². The fourth-order valence-electron chi connectivity index (χ4n) is 9.48. The smallest absolute Gasteiger partial charge is 0.462 e. The summed E-state index contributed by atoms with van der Waals surface area (Å²) in [6.07, 6.45) is 51.8. The fourth-order valence-corrected chi connectivity index (χ4v) is 11.1. The van der Waals surface area contributed by atoms with Gasteiger partial charge in [0.1, 0.15) is 19.3 Å². The zero-order chi connectivity index (χ0) is 65.7. The second-order valence-corrected chi connectivity index (χ2v) is 27.5. The van der Waals surface area contributed by atoms with Crippen LogP contribution in [0.15, 0.2) is 48.6 Å². The minimum absolute atomic E-state index is 0.0776. The highest BCUT2D eigenvalue weighted by molar-refractivity contribution is 7.47. The third-order valence-electron chi connectivity index (χ3n) is 15.3. The van der Waals surface area contributed by atoms with Crippen molar-refractivity contribution in [3.63, 3.8) is 0 Å². The van der Waals surface area contributed by atoms with Crippen molar-refractivity contribution in [1.82, 2.24) is 0 Å². The van der Waals surface area contributed by atoms with Gasteiger partial charge in [-0.2, -0.15) is 0 Å². The Hall–Kier alpha value is -2.98. The summed E-state index contributed by atoms with van der Waals surface area (Å²) in [5.41, 5.74) is 0. The Morgan fingerprint density at radius 3 is 1.00 bits per heavy atom. The van der Waals surface area contributed by atoms with E-state index in [1.807, 2.05) is 0 Å². The Labute approximate surface area is 540 Å². The highest BCUT2D eigenvalue weighted by Gasteiger charge is 2.30. The van der Waals surface area contributed by atoms with E-state index in [1.54, 1.807) is 0 Å². The molecular weight excluding hydrogens is 1170 g/mol. The maximum atomic E-state index is 13.0. The number of unbranched alkanes of at least 4 members (excludes halogenated alkanes) is 28. The van der Waals surface area contributed by atoms with Crippen molar-refractivity contribution in [3.8, 4) is 0 Å². The molecule has 0 aromatic heterocycles. The summed E-state index contributed by atoms with van der Waals surface area (Å²) in [5.74, 6) is -0.799. The number of hydrogen-bond donors (Lipinski definition) is 3. The first kappa shape index (κ1) is 86.0. The lowest BCUT2D eigenvalue weighted by Gasteiger charge is -2.21. The molecule has 0 aromatic rings. The molecule has 0 bridgehead atoms. The van der Waals surface area contributed by atoms with Gasteiger partial charge < -0.3 is 33.8 Å². The van der Waals surface area contributed by atoms with E-state index in [9.17, 15) is 43.2 Å². The van der Waals surface area contributed by atoms with Crippen molar-refractivity contribution in [3.05, 3.63) is 48.6 Å². The van der Waals surface area contributed by atoms with Crippen molar-refractivity contribution in [2.45, 2.75) is 323 Å². The van der Waals surface area contributed by atoms with Gasteiger partial charge in [-0.25, -0.2) is 9.13 Å². The number of hydrogen-bond acceptors (Lipinski definition) is 15. The van der Waals surface area contributed by atoms with Crippen LogP contribution in [0.5, 0.6) is 0 Å². The molecule has 89 heavy (non-hydrogen) atoms. The molecule has 0 spiro atoms. The van der Waals surface area contributed by atoms with E-state index in [0.717, 1.165) is 134 Å². The van der Waals surface area contributed by atoms with Gasteiger partial charge in [-0.05, 0) is 88.9 Å². The molecule has 0 saturated heterocycles. The zero-order valence-corrected chi connectivity index (χ0v) is 58.5. The number of ether oxygens (including phenoxy) is 4. The molecule has 3 N–H and O–H groups in total. The quantitative estimate of drug-likeness (QED) is 0.0169. The van der Waals surface area contributed by atoms with E-state index in [4.69, 9.17) is 37.0 Å². The van der Waals surface area contributed by atoms with Gasteiger partial charge in [0.05, 0.1) is 26.4 Å². The van der Waals surface area contributed by atoms with Crippen LogP contribution in [-0.4, -0.2) is 96.7 Å². The van der Waals surface area contributed by atoms with Gasteiger partial charge in [0.25, 0.3) is 0 Å². The summed E-state index contributed by atoms with van der Waals surface area (Å²) in [6.45, 7) is 9.27. The molecule has 3 unspecified atom stereocenters. The second kappa shape index (κ2) is 61.2. The molecule has 0 aliphatic carbocycles. The van der Waals surface area contributed by atoms with E-state index < -0.39 is 97.5 Å². The molecule has 6 atom stereocenters. The number of esters is 4. The minimum Gasteiger partial charge on any atom is -0.462 e. The molecule has 0 heterocycles. The Morgan fingerprint density at radius 2 is 0.663 bits per heavy atom. The Morgan fingerprint density at radius 1 is 0.371 bits per heavy atom. The standard InChI is InChI=1S/C70H128O17P2/c1-7-10-12-14-16-18-20-22-24-26-28-30-32-40-46-52-67(72)80-58-65(86-69(74)54-48-42-33-31-29-27-25-23-21-19-17-15-13-11-8-2)60-84-88(76,77)82-56-64(71)57-83-89(78,79)85-61-66(59-81-68(73)53-47-41-36-34-38-44-50-62(4)5)87-70(75)55-49-43-37-35-39-45-51-63(6)9-3/h18-25,62-66,71H,7-17,26-61H2,1-6H3,(H,76,77)(H,78,79)/b20-18-,21-19-,24-22-,25-23-/t63?,64-,65-,66-/m1/s1. The van der Waals surface area contributed by atoms with Crippen LogP contribution in [0.1, 0.15) is 305 Å². The highest BCUT2D eigenvalue weighted by atomic mass is 31.2. The number of rotatable bonds is 65. The van der Waals surface area contributed by atoms with Crippen LogP contribution in [-0.2, 0) is 65.4 Å². The topological polar surface area (TPSA) is 237 Å². The average molecular weight is 1300 g/mol. The van der Waals surface area contributed by atoms with Crippen molar-refractivity contribution < 1.29 is 80.2 Å². The Balaban J connectivity index is 5.32. The molecule has 17 nitrogen and oxygen atoms in total. The highest BCUT2D eigenvalue weighted by Crippen LogP contribution is 2.45. The second-order valence-electron chi connectivity index (χ2n) is 24.6. The lowest BCUT2D eigenvalue weighted by Crippen LogP contribution is -2.30. The number of phosphoric acid groups is 2. The van der Waals surface area contributed by atoms with Crippen LogP contribution in [0.2, 0.25) is 0 Å². The number of carbonyl (C=O) groups is 4. The van der Waals surface area contributed by atoms with Crippen LogP contribution >= 0.6 is 15.6 Å². The summed E-state index contributed by atoms with van der Waals surface area (Å²) < 4.78 is 68.1. The third-order valence-corrected chi connectivity index (χ3v) is 17.2. The van der Waals surface area contributed by atoms with Gasteiger partial charge in [-0.15, -0.1) is 0 Å². The summed E-state index contributed by atoms with van der Waals surface area (Å²) in [4.78, 5) is 72.4. The van der Waals surface area contributed by atoms with Crippen LogP contribution in [0.25, 0.3) is 0 Å². The van der Waals surface area contributed by atoms with Gasteiger partial charge in [-0.3, -0.25) is 37.3 Å². The Bertz CT molecular complexity index is 1920. The lowest BCUT2D eigenvalue weighted by molar-refractivity contribution is -0.161. The predicted octanol–water partition coefficient (Wildman–Crippen LogP) is 19.1. The van der Waals surface area contributed by atoms with Crippen LogP contribution in [0.3, 0.4) is 0 Å². The summed E-state index contributed by atoms with van der Waals surface area (Å²) in [6, 6.07) is 0. The van der Waals surface area contributed by atoms with Gasteiger partial charge in [-0.1, -0.05) is 251 Å². The minimum atomic E-state index is -4.97. The summed E-state index contributed by atoms with van der Waals surface area (Å²) in [5, 5.41) is 10.6. The molecule has 0 rings (SSSR count). The predicted molar refractivity (Wildman–Crippen MR) is 358 cm³/mol. The molecule has 0 amide bonds. The molecule has 0 fully saturated rings. The molecule has 520 valence electrons. The van der Waals surface area contributed by atoms with Crippen LogP contribution in [0, 0.1) is 11.8 Å². The van der Waals surface area contributed by atoms with Crippen molar-refractivity contribution >= 4 is 39.5 Å². The maximum Gasteiger partial charge on any atom is 0.472 e. The normalized spacial score (nSPS) is 14.8. The van der Waals surface area contributed by atoms with Gasteiger partial charge in [0.15, 0.2) is 12.2 Å². The first-order valence-corrected chi connectivity index (χ1v) is 38.2. The van der Waals surface area contributed by atoms with E-state index in [2.05, 4.69) is 90.2 Å². The van der Waals surface area contributed by atoms with Gasteiger partial charge in [0, 0.05) is 25.7 Å². The molecule has 0 aliphatic rings. The Kier molecular flexibility index (Phi) is 59.2. The summed E-state index contributed by atoms with van der Waals surface area (Å²) in [7, 11) is -9.92. The van der Waals surface area contributed by atoms with Crippen LogP contribution < -0.4 is 0 Å². The van der Waals surface area contributed by atoms with E-state index in [-0.39, 0.29) is 25.7 Å². The number of aliphatic hydroxyl groups is 1. The third kappa shape index (κ3) is 62.3. The van der Waals surface area contributed by atoms with Gasteiger partial charge in [0.2, 0.25) is 0 Å². The molecule has 0 radical (unpaired) electrons. The summed E-state index contributed by atoms with van der Waals surface area (Å²) >= 11 is 0. The first-order valence-electron chi connectivity index (χ1n) is 35.2. The number of aliphatic hydroxyl groups excluding tert-OH is 1. The zero-order valence-electron chi connectivity index (χ0n) is 56.7. The molecular formula is C70H128O17P2. The molecule has 19 heteroatoms. The first-order chi connectivity index (χ1) is 42.9. The van der Waals surface area contributed by atoms with Crippen molar-refractivity contribution in [1.29, 1.82) is 0 Å². The monoisotopic (exact) mass is 1300 g/mol. The number of phosphoric ester groups is 2. The van der Waals surface area contributed by atoms with E-state index >= 15 is 0 Å². The number of carbonyl (C=O) groups excluding carboxylic acids is 4. The number of allylic oxidation sites excluding steroid dienone is 8. The molecule has 0 saturated carbocycles. The lowest BCUT2D eigenvalue weighted by atomic mass is 10.00. The fraction of sp³-hybridized carbons (Fsp3) is 0.829. The van der Waals surface area contributed by atoms with Crippen molar-refractivity contribution in [2.24, 2.45) is 11.8 Å². The maximum absolute atomic E-state index is 13.0. The SMILES string of the molecule is CCCCCC/C=C\C=C/CCCCCCCC(=O)OC[C@H](COP(=O)(O)OC[C@@H](O)COP(=O)(O)OC[C@@H](COC(=O)CCCCCCCCC(C)C)OC(=O)CCCCCCCCC(C)CC)OC(=O)CCCCCCC/C=C\C=C/CCCCCC. The molecule has 0 aliphatic heterocycles.